The van der Waals surface area contributed by atoms with Crippen LogP contribution in [0.15, 0.2) is 76.3 Å². The molecule has 14 nitrogen and oxygen atoms in total. The molecule has 61 heavy (non-hydrogen) atoms. The number of nitrogens with one attached hydrogen (secondary N) is 2. The van der Waals surface area contributed by atoms with E-state index < -0.39 is 62.7 Å². The van der Waals surface area contributed by atoms with E-state index in [0.717, 1.165) is 11.4 Å². The summed E-state index contributed by atoms with van der Waals surface area (Å²) < 4.78 is 10.8. The van der Waals surface area contributed by atoms with Crippen LogP contribution in [0.4, 0.5) is 23.0 Å². The standard InChI is InChI=1S/C43H42Cl4N6O8/c1-3-60-42(58)34-36(54)32(40(56)48-38(34)52-18-14-50(15-19-52)26-10-5-8-24(44)22-26)31(30-28(46)12-7-13-29(30)47)33-37(55)35(43(59)61-4-2)39(49-41(33)57)53-20-16-51(17-21-53)27-11-6-9-25(45)23-27/h5-13,22-23,31H,3-4,14-21H2,1-2H3,(H2,48,54,56)(H2,49,55,57). The lowest BCUT2D eigenvalue weighted by Crippen LogP contribution is -2.48. The number of esters is 2. The van der Waals surface area contributed by atoms with Crippen LogP contribution >= 0.6 is 46.4 Å². The number of ether oxygens (including phenoxy) is 2. The number of aromatic hydroxyl groups is 2. The highest BCUT2D eigenvalue weighted by molar-refractivity contribution is 6.36. The van der Waals surface area contributed by atoms with E-state index in [1.807, 2.05) is 36.4 Å². The second-order valence-electron chi connectivity index (χ2n) is 14.3. The van der Waals surface area contributed by atoms with E-state index in [2.05, 4.69) is 19.8 Å². The number of carbonyl (C=O) groups is 2. The van der Waals surface area contributed by atoms with Gasteiger partial charge in [0.05, 0.1) is 30.3 Å². The van der Waals surface area contributed by atoms with Gasteiger partial charge in [0.15, 0.2) is 0 Å². The van der Waals surface area contributed by atoms with Gasteiger partial charge in [0.1, 0.15) is 34.3 Å². The first-order valence-electron chi connectivity index (χ1n) is 19.6. The molecule has 3 aromatic carbocycles. The van der Waals surface area contributed by atoms with Crippen LogP contribution < -0.4 is 30.7 Å². The first-order valence-corrected chi connectivity index (χ1v) is 21.1. The predicted molar refractivity (Wildman–Crippen MR) is 239 cm³/mol. The van der Waals surface area contributed by atoms with E-state index in [1.165, 1.54) is 18.2 Å². The largest absolute Gasteiger partial charge is 0.506 e. The minimum atomic E-state index is -1.75. The maximum absolute atomic E-state index is 14.6. The summed E-state index contributed by atoms with van der Waals surface area (Å²) in [4.78, 5) is 70.1. The molecule has 0 unspecified atom stereocenters. The molecule has 2 saturated heterocycles. The molecule has 2 aliphatic heterocycles. The number of rotatable bonds is 11. The van der Waals surface area contributed by atoms with Crippen molar-refractivity contribution in [1.29, 1.82) is 0 Å². The third-order valence-electron chi connectivity index (χ3n) is 10.8. The number of carbonyl (C=O) groups excluding carboxylic acids is 2. The molecule has 0 aliphatic carbocycles. The van der Waals surface area contributed by atoms with E-state index in [-0.39, 0.29) is 40.5 Å². The monoisotopic (exact) mass is 910 g/mol. The average molecular weight is 913 g/mol. The van der Waals surface area contributed by atoms with Gasteiger partial charge in [-0.3, -0.25) is 9.59 Å². The zero-order valence-electron chi connectivity index (χ0n) is 33.1. The van der Waals surface area contributed by atoms with Gasteiger partial charge in [0.2, 0.25) is 0 Å². The third-order valence-corrected chi connectivity index (χ3v) is 11.9. The maximum atomic E-state index is 14.6. The van der Waals surface area contributed by atoms with E-state index in [0.29, 0.717) is 62.4 Å². The summed E-state index contributed by atoms with van der Waals surface area (Å²) in [6.07, 6.45) is 0. The van der Waals surface area contributed by atoms with Gasteiger partial charge in [-0.2, -0.15) is 0 Å². The zero-order chi connectivity index (χ0) is 43.5. The van der Waals surface area contributed by atoms with Crippen molar-refractivity contribution in [3.05, 3.63) is 135 Å². The van der Waals surface area contributed by atoms with Crippen LogP contribution in [-0.4, -0.2) is 97.7 Å². The van der Waals surface area contributed by atoms with E-state index in [9.17, 15) is 29.4 Å². The predicted octanol–water partition coefficient (Wildman–Crippen LogP) is 7.27. The summed E-state index contributed by atoms with van der Waals surface area (Å²) in [5.41, 5.74) is -2.05. The Balaban J connectivity index is 1.37. The normalized spacial score (nSPS) is 14.4. The van der Waals surface area contributed by atoms with Crippen molar-refractivity contribution in [3.8, 4) is 11.5 Å². The number of aromatic amines is 2. The van der Waals surface area contributed by atoms with Crippen LogP contribution in [0, 0.1) is 0 Å². The van der Waals surface area contributed by atoms with Crippen molar-refractivity contribution in [2.45, 2.75) is 19.8 Å². The van der Waals surface area contributed by atoms with E-state index >= 15 is 0 Å². The Morgan fingerprint density at radius 2 is 0.951 bits per heavy atom. The number of nitrogens with zero attached hydrogens (tertiary/aromatic N) is 4. The van der Waals surface area contributed by atoms with Gasteiger partial charge in [0, 0.05) is 89.4 Å². The minimum Gasteiger partial charge on any atom is -0.506 e. The number of benzene rings is 3. The smallest absolute Gasteiger partial charge is 0.345 e. The quantitative estimate of drug-likeness (QED) is 0.0979. The Hall–Kier alpha value is -5.54. The number of aromatic nitrogens is 2. The summed E-state index contributed by atoms with van der Waals surface area (Å²) in [5, 5.41) is 25.6. The Morgan fingerprint density at radius 3 is 1.31 bits per heavy atom. The highest BCUT2D eigenvalue weighted by Crippen LogP contribution is 2.46. The van der Waals surface area contributed by atoms with Crippen LogP contribution in [0.5, 0.6) is 11.5 Å². The number of piperazine rings is 2. The molecule has 2 fully saturated rings. The van der Waals surface area contributed by atoms with Crippen LogP contribution in [0.3, 0.4) is 0 Å². The van der Waals surface area contributed by atoms with Crippen molar-refractivity contribution in [2.75, 3.05) is 85.2 Å². The Bertz CT molecular complexity index is 2420. The molecular weight excluding hydrogens is 870 g/mol. The zero-order valence-corrected chi connectivity index (χ0v) is 36.2. The molecule has 7 rings (SSSR count). The number of pyridine rings is 2. The van der Waals surface area contributed by atoms with Crippen molar-refractivity contribution in [3.63, 3.8) is 0 Å². The molecule has 0 saturated carbocycles. The molecule has 0 amide bonds. The molecule has 18 heteroatoms. The second kappa shape index (κ2) is 18.6. The van der Waals surface area contributed by atoms with Crippen molar-refractivity contribution in [1.82, 2.24) is 9.97 Å². The third kappa shape index (κ3) is 8.81. The average Bonchev–Trinajstić information content (AvgIpc) is 3.23. The van der Waals surface area contributed by atoms with E-state index in [1.54, 1.807) is 35.8 Å². The molecule has 320 valence electrons. The molecule has 0 radical (unpaired) electrons. The summed E-state index contributed by atoms with van der Waals surface area (Å²) in [5.74, 6) is -5.40. The summed E-state index contributed by atoms with van der Waals surface area (Å²) in [7, 11) is 0. The number of halogens is 4. The lowest BCUT2D eigenvalue weighted by molar-refractivity contribution is 0.0513. The molecule has 0 atom stereocenters. The highest BCUT2D eigenvalue weighted by Gasteiger charge is 2.39. The summed E-state index contributed by atoms with van der Waals surface area (Å²) in [6.45, 7) is 6.13. The fourth-order valence-corrected chi connectivity index (χ4v) is 8.91. The molecule has 5 aromatic rings. The first-order chi connectivity index (χ1) is 29.3. The highest BCUT2D eigenvalue weighted by atomic mass is 35.5. The Labute approximate surface area is 370 Å². The molecule has 0 bridgehead atoms. The van der Waals surface area contributed by atoms with Crippen LogP contribution in [0.25, 0.3) is 0 Å². The topological polar surface area (TPSA) is 172 Å². The SMILES string of the molecule is CCOC(=O)c1c(N2CCN(c3cccc(Cl)c3)CC2)[nH]c(=O)c(C(c2c(Cl)cccc2Cl)c2c(O)c(C(=O)OCC)c(N3CCN(c4cccc(Cl)c4)CC3)[nH]c2=O)c1O. The fraction of sp³-hybridized carbons (Fsp3) is 0.302. The van der Waals surface area contributed by atoms with Crippen LogP contribution in [0.2, 0.25) is 20.1 Å². The van der Waals surface area contributed by atoms with Gasteiger partial charge in [-0.25, -0.2) is 9.59 Å². The fourth-order valence-electron chi connectivity index (χ4n) is 7.93. The molecular formula is C43H42Cl4N6O8. The lowest BCUT2D eigenvalue weighted by atomic mass is 9.83. The Kier molecular flexibility index (Phi) is 13.3. The second-order valence-corrected chi connectivity index (χ2v) is 16.0. The number of hydrogen-bond donors (Lipinski definition) is 4. The van der Waals surface area contributed by atoms with Crippen molar-refractivity contribution in [2.24, 2.45) is 0 Å². The molecule has 4 heterocycles. The van der Waals surface area contributed by atoms with Gasteiger partial charge >= 0.3 is 11.9 Å². The summed E-state index contributed by atoms with van der Waals surface area (Å²) in [6, 6.07) is 19.2. The lowest BCUT2D eigenvalue weighted by Gasteiger charge is -2.38. The van der Waals surface area contributed by atoms with Crippen LogP contribution in [-0.2, 0) is 9.47 Å². The maximum Gasteiger partial charge on any atom is 0.345 e. The van der Waals surface area contributed by atoms with Crippen molar-refractivity contribution >= 4 is 81.4 Å². The number of hydrogen-bond acceptors (Lipinski definition) is 12. The summed E-state index contributed by atoms with van der Waals surface area (Å²) >= 11 is 26.1. The van der Waals surface area contributed by atoms with Crippen LogP contribution in [0.1, 0.15) is 57.2 Å². The molecule has 4 N–H and O–H groups in total. The van der Waals surface area contributed by atoms with Gasteiger partial charge in [0.25, 0.3) is 11.1 Å². The number of H-pyrrole nitrogens is 2. The van der Waals surface area contributed by atoms with Gasteiger partial charge in [-0.05, 0) is 62.4 Å². The molecule has 2 aromatic heterocycles. The van der Waals surface area contributed by atoms with Gasteiger partial charge in [-0.15, -0.1) is 0 Å². The Morgan fingerprint density at radius 1 is 0.590 bits per heavy atom. The number of anilines is 4. The molecule has 2 aliphatic rings. The molecule has 0 spiro atoms. The van der Waals surface area contributed by atoms with Gasteiger partial charge < -0.3 is 49.3 Å². The van der Waals surface area contributed by atoms with E-state index in [4.69, 9.17) is 55.9 Å². The first kappa shape index (κ1) is 43.5. The van der Waals surface area contributed by atoms with Gasteiger partial charge in [-0.1, -0.05) is 64.6 Å². The minimum absolute atomic E-state index is 0.0166. The van der Waals surface area contributed by atoms with Crippen molar-refractivity contribution < 1.29 is 29.3 Å².